The second kappa shape index (κ2) is 4.39. The lowest BCUT2D eigenvalue weighted by molar-refractivity contribution is -0.155. The van der Waals surface area contributed by atoms with Crippen molar-refractivity contribution in [3.63, 3.8) is 0 Å². The number of nitrogens with zero attached hydrogens (tertiary/aromatic N) is 3. The van der Waals surface area contributed by atoms with Gasteiger partial charge < -0.3 is 9.67 Å². The molecule has 3 rings (SSSR count). The summed E-state index contributed by atoms with van der Waals surface area (Å²) >= 11 is 0. The highest BCUT2D eigenvalue weighted by molar-refractivity contribution is 5.79. The first kappa shape index (κ1) is 11.7. The van der Waals surface area contributed by atoms with Gasteiger partial charge in [-0.25, -0.2) is 4.98 Å². The molecule has 1 fully saturated rings. The maximum Gasteiger partial charge on any atom is 0.324 e. The molecule has 0 spiro atoms. The summed E-state index contributed by atoms with van der Waals surface area (Å²) in [4.78, 5) is 18.2. The van der Waals surface area contributed by atoms with Gasteiger partial charge in [0, 0.05) is 25.5 Å². The van der Waals surface area contributed by atoms with E-state index in [1.54, 1.807) is 6.20 Å². The number of aliphatic carboxylic acids is 1. The lowest BCUT2D eigenvalue weighted by Gasteiger charge is -2.44. The molecule has 18 heavy (non-hydrogen) atoms. The number of hydrogen-bond acceptors (Lipinski definition) is 3. The van der Waals surface area contributed by atoms with Crippen molar-refractivity contribution in [3.05, 3.63) is 18.2 Å². The summed E-state index contributed by atoms with van der Waals surface area (Å²) in [5, 5.41) is 9.67. The first-order valence-electron chi connectivity index (χ1n) is 6.71. The van der Waals surface area contributed by atoms with E-state index in [4.69, 9.17) is 0 Å². The maximum absolute atomic E-state index is 11.8. The van der Waals surface area contributed by atoms with Gasteiger partial charge in [0.05, 0.1) is 6.54 Å². The molecule has 1 aliphatic carbocycles. The number of hydrogen-bond donors (Lipinski definition) is 1. The van der Waals surface area contributed by atoms with Crippen LogP contribution in [-0.4, -0.2) is 37.6 Å². The van der Waals surface area contributed by atoms with Gasteiger partial charge in [0.1, 0.15) is 11.4 Å². The molecule has 5 heteroatoms. The SMILES string of the molecule is O=C(O)C1(N2CCn3ccnc3C2)CCCCC1. The van der Waals surface area contributed by atoms with Crippen LogP contribution in [0.2, 0.25) is 0 Å². The highest BCUT2D eigenvalue weighted by atomic mass is 16.4. The third kappa shape index (κ3) is 1.73. The van der Waals surface area contributed by atoms with E-state index in [1.807, 2.05) is 6.20 Å². The molecule has 0 amide bonds. The highest BCUT2D eigenvalue weighted by Crippen LogP contribution is 2.35. The van der Waals surface area contributed by atoms with E-state index in [9.17, 15) is 9.90 Å². The van der Waals surface area contributed by atoms with Crippen LogP contribution in [0.25, 0.3) is 0 Å². The van der Waals surface area contributed by atoms with Crippen LogP contribution in [0, 0.1) is 0 Å². The second-order valence-corrected chi connectivity index (χ2v) is 5.36. The summed E-state index contributed by atoms with van der Waals surface area (Å²) in [6.45, 7) is 2.33. The molecule has 5 nitrogen and oxygen atoms in total. The Morgan fingerprint density at radius 1 is 1.28 bits per heavy atom. The molecule has 1 aromatic heterocycles. The summed E-state index contributed by atoms with van der Waals surface area (Å²) in [5.74, 6) is 0.342. The molecule has 2 aliphatic rings. The van der Waals surface area contributed by atoms with Crippen LogP contribution < -0.4 is 0 Å². The first-order chi connectivity index (χ1) is 8.72. The van der Waals surface area contributed by atoms with E-state index in [0.29, 0.717) is 6.54 Å². The first-order valence-corrected chi connectivity index (χ1v) is 6.71. The largest absolute Gasteiger partial charge is 0.480 e. The van der Waals surface area contributed by atoms with Crippen molar-refractivity contribution in [1.82, 2.24) is 14.5 Å². The maximum atomic E-state index is 11.8. The van der Waals surface area contributed by atoms with Crippen molar-refractivity contribution < 1.29 is 9.90 Å². The van der Waals surface area contributed by atoms with Gasteiger partial charge in [0.2, 0.25) is 0 Å². The summed E-state index contributed by atoms with van der Waals surface area (Å²) in [5.41, 5.74) is -0.643. The topological polar surface area (TPSA) is 58.4 Å². The molecular weight excluding hydrogens is 230 g/mol. The fourth-order valence-corrected chi connectivity index (χ4v) is 3.34. The van der Waals surface area contributed by atoms with Gasteiger partial charge in [-0.15, -0.1) is 0 Å². The number of carboxylic acids is 1. The number of carbonyl (C=O) groups is 1. The normalized spacial score (nSPS) is 23.6. The van der Waals surface area contributed by atoms with Crippen LogP contribution in [0.4, 0.5) is 0 Å². The second-order valence-electron chi connectivity index (χ2n) is 5.36. The Kier molecular flexibility index (Phi) is 2.86. The molecule has 98 valence electrons. The number of aromatic nitrogens is 2. The minimum atomic E-state index is -0.651. The van der Waals surface area contributed by atoms with E-state index in [1.165, 1.54) is 0 Å². The molecule has 0 radical (unpaired) electrons. The highest BCUT2D eigenvalue weighted by Gasteiger charge is 2.45. The van der Waals surface area contributed by atoms with Gasteiger partial charge in [0.25, 0.3) is 0 Å². The van der Waals surface area contributed by atoms with Crippen molar-refractivity contribution >= 4 is 5.97 Å². The molecule has 0 unspecified atom stereocenters. The Morgan fingerprint density at radius 3 is 2.78 bits per heavy atom. The van der Waals surface area contributed by atoms with E-state index in [-0.39, 0.29) is 0 Å². The van der Waals surface area contributed by atoms with Gasteiger partial charge in [0.15, 0.2) is 0 Å². The average Bonchev–Trinajstić information content (AvgIpc) is 2.86. The van der Waals surface area contributed by atoms with Crippen molar-refractivity contribution in [3.8, 4) is 0 Å². The standard InChI is InChI=1S/C13H19N3O2/c17-12(18)13(4-2-1-3-5-13)16-9-8-15-7-6-14-11(15)10-16/h6-7H,1-5,8-10H2,(H,17,18). The molecule has 1 saturated carbocycles. The van der Waals surface area contributed by atoms with Gasteiger partial charge in [-0.05, 0) is 12.8 Å². The van der Waals surface area contributed by atoms with Crippen molar-refractivity contribution in [2.45, 2.75) is 50.7 Å². The number of carboxylic acid groups (broad SMARTS) is 1. The fourth-order valence-electron chi connectivity index (χ4n) is 3.34. The Balaban J connectivity index is 1.86. The van der Waals surface area contributed by atoms with Crippen molar-refractivity contribution in [2.24, 2.45) is 0 Å². The minimum Gasteiger partial charge on any atom is -0.480 e. The Hall–Kier alpha value is -1.36. The van der Waals surface area contributed by atoms with E-state index in [2.05, 4.69) is 14.5 Å². The van der Waals surface area contributed by atoms with Gasteiger partial charge in [-0.3, -0.25) is 9.69 Å². The predicted octanol–water partition coefficient (Wildman–Crippen LogP) is 1.49. The average molecular weight is 249 g/mol. The molecule has 2 heterocycles. The summed E-state index contributed by atoms with van der Waals surface area (Å²) < 4.78 is 2.12. The number of imidazole rings is 1. The van der Waals surface area contributed by atoms with Crippen LogP contribution in [-0.2, 0) is 17.9 Å². The van der Waals surface area contributed by atoms with Crippen LogP contribution in [0.1, 0.15) is 37.9 Å². The third-order valence-electron chi connectivity index (χ3n) is 4.43. The Bertz CT molecular complexity index is 449. The van der Waals surface area contributed by atoms with Crippen LogP contribution in [0.5, 0.6) is 0 Å². The van der Waals surface area contributed by atoms with Gasteiger partial charge in [-0.1, -0.05) is 19.3 Å². The van der Waals surface area contributed by atoms with Gasteiger partial charge >= 0.3 is 5.97 Å². The van der Waals surface area contributed by atoms with E-state index >= 15 is 0 Å². The lowest BCUT2D eigenvalue weighted by atomic mass is 9.80. The lowest BCUT2D eigenvalue weighted by Crippen LogP contribution is -2.57. The van der Waals surface area contributed by atoms with E-state index < -0.39 is 11.5 Å². The Labute approximate surface area is 106 Å². The number of fused-ring (bicyclic) bond motifs is 1. The van der Waals surface area contributed by atoms with E-state index in [0.717, 1.165) is 51.0 Å². The predicted molar refractivity (Wildman–Crippen MR) is 66.1 cm³/mol. The molecule has 0 aromatic carbocycles. The molecule has 1 N–H and O–H groups in total. The molecule has 0 saturated heterocycles. The minimum absolute atomic E-state index is 0.643. The molecule has 0 atom stereocenters. The molecule has 0 bridgehead atoms. The smallest absolute Gasteiger partial charge is 0.324 e. The van der Waals surface area contributed by atoms with Crippen LogP contribution >= 0.6 is 0 Å². The molecular formula is C13H19N3O2. The summed E-state index contributed by atoms with van der Waals surface area (Å²) in [6.07, 6.45) is 8.55. The molecule has 1 aromatic rings. The zero-order chi connectivity index (χ0) is 12.6. The number of rotatable bonds is 2. The summed E-state index contributed by atoms with van der Waals surface area (Å²) in [6, 6.07) is 0. The fraction of sp³-hybridized carbons (Fsp3) is 0.692. The third-order valence-corrected chi connectivity index (χ3v) is 4.43. The quantitative estimate of drug-likeness (QED) is 0.862. The van der Waals surface area contributed by atoms with Crippen molar-refractivity contribution in [1.29, 1.82) is 0 Å². The monoisotopic (exact) mass is 249 g/mol. The zero-order valence-electron chi connectivity index (χ0n) is 10.5. The zero-order valence-corrected chi connectivity index (χ0v) is 10.5. The molecule has 1 aliphatic heterocycles. The summed E-state index contributed by atoms with van der Waals surface area (Å²) in [7, 11) is 0. The Morgan fingerprint density at radius 2 is 2.06 bits per heavy atom. The van der Waals surface area contributed by atoms with Crippen LogP contribution in [0.3, 0.4) is 0 Å². The van der Waals surface area contributed by atoms with Crippen LogP contribution in [0.15, 0.2) is 12.4 Å². The van der Waals surface area contributed by atoms with Gasteiger partial charge in [-0.2, -0.15) is 0 Å². The van der Waals surface area contributed by atoms with Crippen molar-refractivity contribution in [2.75, 3.05) is 6.54 Å².